The Balaban J connectivity index is 0.00000676. The lowest BCUT2D eigenvalue weighted by Crippen LogP contribution is -2.43. The zero-order valence-electron chi connectivity index (χ0n) is 17.6. The number of hydrogen-bond donors (Lipinski definition) is 3. The molecule has 7 heteroatoms. The number of amides is 1. The third-order valence-corrected chi connectivity index (χ3v) is 3.63. The molecule has 1 aromatic carbocycles. The lowest BCUT2D eigenvalue weighted by molar-refractivity contribution is -0.121. The number of nitrogens with one attached hydrogen (secondary N) is 3. The van der Waals surface area contributed by atoms with E-state index in [4.69, 9.17) is 0 Å². The summed E-state index contributed by atoms with van der Waals surface area (Å²) in [5.74, 6) is 0.607. The van der Waals surface area contributed by atoms with Crippen molar-refractivity contribution in [3.8, 4) is 0 Å². The van der Waals surface area contributed by atoms with E-state index in [9.17, 15) is 4.79 Å². The first-order chi connectivity index (χ1) is 12.2. The van der Waals surface area contributed by atoms with Crippen LogP contribution in [0, 0.1) is 0 Å². The van der Waals surface area contributed by atoms with E-state index in [1.165, 1.54) is 11.3 Å². The van der Waals surface area contributed by atoms with E-state index in [2.05, 4.69) is 50.1 Å². The molecule has 0 spiro atoms. The number of guanidine groups is 1. The smallest absolute Gasteiger partial charge is 0.242 e. The van der Waals surface area contributed by atoms with Crippen molar-refractivity contribution < 1.29 is 4.79 Å². The molecule has 0 atom stereocenters. The quantitative estimate of drug-likeness (QED) is 0.228. The van der Waals surface area contributed by atoms with Gasteiger partial charge in [-0.15, -0.1) is 24.0 Å². The molecule has 0 bridgehead atoms. The first kappa shape index (κ1) is 25.5. The number of carbonyl (C=O) groups is 1. The Labute approximate surface area is 181 Å². The minimum Gasteiger partial charge on any atom is -0.378 e. The van der Waals surface area contributed by atoms with Gasteiger partial charge in [-0.3, -0.25) is 4.79 Å². The number of hydrogen-bond acceptors (Lipinski definition) is 3. The van der Waals surface area contributed by atoms with Gasteiger partial charge in [-0.25, -0.2) is 4.99 Å². The summed E-state index contributed by atoms with van der Waals surface area (Å²) in [5.41, 5.74) is 2.30. The molecular formula is C20H36IN5O. The molecule has 0 aromatic heterocycles. The fourth-order valence-corrected chi connectivity index (χ4v) is 2.41. The van der Waals surface area contributed by atoms with Gasteiger partial charge in [0.2, 0.25) is 5.91 Å². The highest BCUT2D eigenvalue weighted by molar-refractivity contribution is 14.0. The molecule has 0 aliphatic heterocycles. The van der Waals surface area contributed by atoms with Crippen molar-refractivity contribution in [2.75, 3.05) is 38.6 Å². The number of halogens is 1. The predicted octanol–water partition coefficient (Wildman–Crippen LogP) is 2.77. The number of carbonyl (C=O) groups excluding carboxylic acids is 1. The molecule has 0 radical (unpaired) electrons. The SMILES string of the molecule is CCNC(=NCC(=O)NC(C)(C)C)NCCCc1ccc(N(C)C)cc1.I. The van der Waals surface area contributed by atoms with Crippen molar-refractivity contribution in [3.05, 3.63) is 29.8 Å². The number of benzene rings is 1. The minimum atomic E-state index is -0.236. The van der Waals surface area contributed by atoms with E-state index in [1.54, 1.807) is 0 Å². The fraction of sp³-hybridized carbons (Fsp3) is 0.600. The van der Waals surface area contributed by atoms with Crippen LogP contribution in [0.25, 0.3) is 0 Å². The van der Waals surface area contributed by atoms with Gasteiger partial charge < -0.3 is 20.9 Å². The lowest BCUT2D eigenvalue weighted by atomic mass is 10.1. The Hall–Kier alpha value is -1.51. The van der Waals surface area contributed by atoms with Crippen molar-refractivity contribution in [2.24, 2.45) is 4.99 Å². The van der Waals surface area contributed by atoms with Crippen LogP contribution in [-0.4, -0.2) is 51.1 Å². The molecule has 27 heavy (non-hydrogen) atoms. The van der Waals surface area contributed by atoms with Gasteiger partial charge in [-0.1, -0.05) is 12.1 Å². The second-order valence-corrected chi connectivity index (χ2v) is 7.58. The van der Waals surface area contributed by atoms with E-state index in [0.29, 0.717) is 5.96 Å². The highest BCUT2D eigenvalue weighted by Crippen LogP contribution is 2.13. The molecule has 1 aromatic rings. The molecule has 0 saturated carbocycles. The topological polar surface area (TPSA) is 68.8 Å². The first-order valence-electron chi connectivity index (χ1n) is 9.30. The summed E-state index contributed by atoms with van der Waals surface area (Å²) < 4.78 is 0. The molecule has 0 aliphatic carbocycles. The van der Waals surface area contributed by atoms with Crippen molar-refractivity contribution in [1.29, 1.82) is 0 Å². The van der Waals surface area contributed by atoms with Crippen LogP contribution in [0.3, 0.4) is 0 Å². The second-order valence-electron chi connectivity index (χ2n) is 7.58. The van der Waals surface area contributed by atoms with Gasteiger partial charge in [0, 0.05) is 38.4 Å². The van der Waals surface area contributed by atoms with Gasteiger partial charge in [-0.2, -0.15) is 0 Å². The molecular weight excluding hydrogens is 453 g/mol. The number of anilines is 1. The number of aryl methyl sites for hydroxylation is 1. The Morgan fingerprint density at radius 3 is 2.26 bits per heavy atom. The summed E-state index contributed by atoms with van der Waals surface area (Å²) in [6, 6.07) is 8.63. The molecule has 0 unspecified atom stereocenters. The standard InChI is InChI=1S/C20H35N5O.HI/c1-7-21-19(23-15-18(26)24-20(2,3)4)22-14-8-9-16-10-12-17(13-11-16)25(5)6;/h10-13H,7-9,14-15H2,1-6H3,(H,24,26)(H2,21,22,23);1H. The summed E-state index contributed by atoms with van der Waals surface area (Å²) in [6.45, 7) is 9.59. The molecule has 1 amide bonds. The number of rotatable bonds is 8. The van der Waals surface area contributed by atoms with Crippen LogP contribution in [0.4, 0.5) is 5.69 Å². The van der Waals surface area contributed by atoms with Crippen LogP contribution in [0.1, 0.15) is 39.7 Å². The van der Waals surface area contributed by atoms with Gasteiger partial charge in [0.15, 0.2) is 5.96 Å². The van der Waals surface area contributed by atoms with Gasteiger partial charge >= 0.3 is 0 Å². The monoisotopic (exact) mass is 489 g/mol. The Kier molecular flexibility index (Phi) is 12.1. The maximum atomic E-state index is 11.9. The average Bonchev–Trinajstić information content (AvgIpc) is 2.55. The average molecular weight is 489 g/mol. The largest absolute Gasteiger partial charge is 0.378 e. The van der Waals surface area contributed by atoms with E-state index in [-0.39, 0.29) is 42.0 Å². The van der Waals surface area contributed by atoms with Crippen LogP contribution in [0.15, 0.2) is 29.3 Å². The summed E-state index contributed by atoms with van der Waals surface area (Å²) >= 11 is 0. The zero-order valence-corrected chi connectivity index (χ0v) is 19.9. The van der Waals surface area contributed by atoms with Crippen molar-refractivity contribution in [1.82, 2.24) is 16.0 Å². The van der Waals surface area contributed by atoms with Crippen LogP contribution in [-0.2, 0) is 11.2 Å². The van der Waals surface area contributed by atoms with Crippen molar-refractivity contribution in [3.63, 3.8) is 0 Å². The summed E-state index contributed by atoms with van der Waals surface area (Å²) in [5, 5.41) is 9.37. The van der Waals surface area contributed by atoms with Crippen LogP contribution < -0.4 is 20.9 Å². The Bertz CT molecular complexity index is 579. The highest BCUT2D eigenvalue weighted by Gasteiger charge is 2.13. The highest BCUT2D eigenvalue weighted by atomic mass is 127. The summed E-state index contributed by atoms with van der Waals surface area (Å²) in [6.07, 6.45) is 2.00. The van der Waals surface area contributed by atoms with Crippen LogP contribution in [0.5, 0.6) is 0 Å². The van der Waals surface area contributed by atoms with E-state index >= 15 is 0 Å². The van der Waals surface area contributed by atoms with E-state index < -0.39 is 0 Å². The lowest BCUT2D eigenvalue weighted by Gasteiger charge is -2.20. The minimum absolute atomic E-state index is 0. The number of aliphatic imine (C=N–C) groups is 1. The molecule has 6 nitrogen and oxygen atoms in total. The fourth-order valence-electron chi connectivity index (χ4n) is 2.41. The van der Waals surface area contributed by atoms with Gasteiger partial charge in [0.1, 0.15) is 6.54 Å². The summed E-state index contributed by atoms with van der Waals surface area (Å²) in [7, 11) is 4.09. The number of nitrogens with zero attached hydrogens (tertiary/aromatic N) is 2. The first-order valence-corrected chi connectivity index (χ1v) is 9.30. The van der Waals surface area contributed by atoms with Gasteiger partial charge in [0.05, 0.1) is 0 Å². The van der Waals surface area contributed by atoms with Crippen LogP contribution >= 0.6 is 24.0 Å². The van der Waals surface area contributed by atoms with Gasteiger partial charge in [0.25, 0.3) is 0 Å². The Morgan fingerprint density at radius 1 is 1.11 bits per heavy atom. The molecule has 0 fully saturated rings. The maximum absolute atomic E-state index is 11.9. The zero-order chi connectivity index (χ0) is 19.6. The maximum Gasteiger partial charge on any atom is 0.242 e. The third kappa shape index (κ3) is 11.7. The molecule has 154 valence electrons. The van der Waals surface area contributed by atoms with Crippen molar-refractivity contribution >= 4 is 41.5 Å². The van der Waals surface area contributed by atoms with Crippen molar-refractivity contribution in [2.45, 2.75) is 46.1 Å². The molecule has 1 rings (SSSR count). The molecule has 0 aliphatic rings. The van der Waals surface area contributed by atoms with E-state index in [0.717, 1.165) is 25.9 Å². The summed E-state index contributed by atoms with van der Waals surface area (Å²) in [4.78, 5) is 18.3. The Morgan fingerprint density at radius 2 is 1.74 bits per heavy atom. The molecule has 3 N–H and O–H groups in total. The van der Waals surface area contributed by atoms with Crippen LogP contribution in [0.2, 0.25) is 0 Å². The second kappa shape index (κ2) is 12.8. The van der Waals surface area contributed by atoms with E-state index in [1.807, 2.05) is 41.8 Å². The molecule has 0 saturated heterocycles. The normalized spacial score (nSPS) is 11.4. The third-order valence-electron chi connectivity index (χ3n) is 3.63. The molecule has 0 heterocycles. The van der Waals surface area contributed by atoms with Gasteiger partial charge in [-0.05, 0) is 58.2 Å². The predicted molar refractivity (Wildman–Crippen MR) is 126 cm³/mol.